The van der Waals surface area contributed by atoms with Gasteiger partial charge in [-0.25, -0.2) is 8.78 Å². The van der Waals surface area contributed by atoms with Gasteiger partial charge in [-0.15, -0.1) is 24.0 Å². The summed E-state index contributed by atoms with van der Waals surface area (Å²) in [4.78, 5) is 8.58. The molecular weight excluding hydrogens is 449 g/mol. The van der Waals surface area contributed by atoms with Crippen LogP contribution in [-0.4, -0.2) is 49.5 Å². The molecule has 1 saturated heterocycles. The number of piperazine rings is 1. The zero-order valence-electron chi connectivity index (χ0n) is 13.3. The third kappa shape index (κ3) is 4.84. The van der Waals surface area contributed by atoms with Crippen LogP contribution < -0.4 is 10.6 Å². The Hall–Kier alpha value is -0.830. The fourth-order valence-electron chi connectivity index (χ4n) is 3.08. The molecule has 0 amide bonds. The maximum atomic E-state index is 12.8. The van der Waals surface area contributed by atoms with Crippen molar-refractivity contribution in [3.8, 4) is 0 Å². The van der Waals surface area contributed by atoms with Crippen LogP contribution in [0.4, 0.5) is 14.5 Å². The van der Waals surface area contributed by atoms with E-state index < -0.39 is 5.92 Å². The van der Waals surface area contributed by atoms with Crippen LogP contribution in [0.15, 0.2) is 29.3 Å². The largest absolute Gasteiger partial charge is 0.370 e. The average molecular weight is 471 g/mol. The zero-order chi connectivity index (χ0) is 16.4. The number of rotatable bonds is 3. The van der Waals surface area contributed by atoms with Gasteiger partial charge in [-0.05, 0) is 30.2 Å². The van der Waals surface area contributed by atoms with Gasteiger partial charge in [0.1, 0.15) is 0 Å². The van der Waals surface area contributed by atoms with Crippen molar-refractivity contribution in [1.82, 2.24) is 4.90 Å². The van der Waals surface area contributed by atoms with Gasteiger partial charge in [0.25, 0.3) is 0 Å². The highest BCUT2D eigenvalue weighted by Crippen LogP contribution is 2.42. The number of hydrogen-bond donors (Lipinski definition) is 1. The van der Waals surface area contributed by atoms with E-state index in [-0.39, 0.29) is 42.7 Å². The molecule has 2 fully saturated rings. The molecule has 4 nitrogen and oxygen atoms in total. The third-order valence-electron chi connectivity index (χ3n) is 4.48. The number of benzene rings is 1. The van der Waals surface area contributed by atoms with E-state index in [4.69, 9.17) is 17.3 Å². The molecule has 3 rings (SSSR count). The smallest absolute Gasteiger partial charge is 0.248 e. The molecule has 0 unspecified atom stereocenters. The Bertz CT molecular complexity index is 566. The van der Waals surface area contributed by atoms with Crippen molar-refractivity contribution in [3.63, 3.8) is 0 Å². The number of aliphatic imine (C=N–C) groups is 1. The first-order chi connectivity index (χ1) is 10.9. The molecule has 0 spiro atoms. The lowest BCUT2D eigenvalue weighted by molar-refractivity contribution is -0.107. The van der Waals surface area contributed by atoms with Crippen molar-refractivity contribution in [1.29, 1.82) is 0 Å². The summed E-state index contributed by atoms with van der Waals surface area (Å²) in [6.07, 6.45) is -0.123. The van der Waals surface area contributed by atoms with Crippen LogP contribution >= 0.6 is 35.6 Å². The summed E-state index contributed by atoms with van der Waals surface area (Å²) in [7, 11) is 0. The monoisotopic (exact) mass is 470 g/mol. The van der Waals surface area contributed by atoms with Gasteiger partial charge in [-0.1, -0.05) is 11.6 Å². The molecule has 0 aromatic heterocycles. The van der Waals surface area contributed by atoms with Crippen LogP contribution in [0.3, 0.4) is 0 Å². The number of halogens is 4. The first kappa shape index (κ1) is 19.5. The van der Waals surface area contributed by atoms with Crippen LogP contribution in [0.2, 0.25) is 5.02 Å². The minimum atomic E-state index is -2.49. The van der Waals surface area contributed by atoms with E-state index in [1.807, 2.05) is 29.2 Å². The molecule has 134 valence electrons. The summed E-state index contributed by atoms with van der Waals surface area (Å²) in [6.45, 7) is 3.65. The van der Waals surface area contributed by atoms with Gasteiger partial charge in [0.05, 0.1) is 0 Å². The summed E-state index contributed by atoms with van der Waals surface area (Å²) >= 11 is 5.90. The summed E-state index contributed by atoms with van der Waals surface area (Å²) in [5, 5.41) is 0.727. The molecule has 0 radical (unpaired) electrons. The van der Waals surface area contributed by atoms with Crippen LogP contribution in [0.1, 0.15) is 12.8 Å². The van der Waals surface area contributed by atoms with Crippen molar-refractivity contribution in [2.24, 2.45) is 16.6 Å². The second-order valence-electron chi connectivity index (χ2n) is 6.28. The van der Waals surface area contributed by atoms with E-state index in [0.717, 1.165) is 36.9 Å². The second kappa shape index (κ2) is 8.03. The van der Waals surface area contributed by atoms with Crippen molar-refractivity contribution in [2.75, 3.05) is 37.6 Å². The highest BCUT2D eigenvalue weighted by Gasteiger charge is 2.44. The highest BCUT2D eigenvalue weighted by molar-refractivity contribution is 14.0. The number of alkyl halides is 2. The van der Waals surface area contributed by atoms with E-state index in [1.165, 1.54) is 0 Å². The standard InChI is InChI=1S/C16H21ClF2N4.HI/c17-13-1-3-14(4-2-13)22-5-7-23(8-6-22)15(20)21-11-12-9-16(18,19)10-12;/h1-4,12H,5-11H2,(H2,20,21);1H. The first-order valence-electron chi connectivity index (χ1n) is 7.86. The van der Waals surface area contributed by atoms with Gasteiger partial charge in [0.2, 0.25) is 5.92 Å². The predicted octanol–water partition coefficient (Wildman–Crippen LogP) is 3.44. The molecule has 1 aromatic rings. The minimum absolute atomic E-state index is 0. The van der Waals surface area contributed by atoms with Gasteiger partial charge in [0, 0.05) is 56.3 Å². The van der Waals surface area contributed by atoms with Gasteiger partial charge >= 0.3 is 0 Å². The molecule has 1 aromatic carbocycles. The molecule has 1 aliphatic carbocycles. The molecule has 0 atom stereocenters. The minimum Gasteiger partial charge on any atom is -0.370 e. The Kier molecular flexibility index (Phi) is 6.52. The summed E-state index contributed by atoms with van der Waals surface area (Å²) < 4.78 is 25.6. The third-order valence-corrected chi connectivity index (χ3v) is 4.73. The Labute approximate surface area is 163 Å². The molecular formula is C16H22ClF2IN4. The van der Waals surface area contributed by atoms with Crippen molar-refractivity contribution in [2.45, 2.75) is 18.8 Å². The number of nitrogens with zero attached hydrogens (tertiary/aromatic N) is 3. The van der Waals surface area contributed by atoms with Gasteiger partial charge < -0.3 is 15.5 Å². The maximum absolute atomic E-state index is 12.8. The van der Waals surface area contributed by atoms with Crippen LogP contribution in [0.25, 0.3) is 0 Å². The Balaban J connectivity index is 0.00000208. The number of hydrogen-bond acceptors (Lipinski definition) is 2. The Morgan fingerprint density at radius 2 is 1.75 bits per heavy atom. The quantitative estimate of drug-likeness (QED) is 0.418. The van der Waals surface area contributed by atoms with Crippen LogP contribution in [0.5, 0.6) is 0 Å². The summed E-state index contributed by atoms with van der Waals surface area (Å²) in [5.74, 6) is -2.05. The average Bonchev–Trinajstić information content (AvgIpc) is 2.51. The maximum Gasteiger partial charge on any atom is 0.248 e. The molecule has 1 saturated carbocycles. The van der Waals surface area contributed by atoms with E-state index in [0.29, 0.717) is 12.5 Å². The molecule has 2 N–H and O–H groups in total. The van der Waals surface area contributed by atoms with Crippen LogP contribution in [0, 0.1) is 5.92 Å². The fourth-order valence-corrected chi connectivity index (χ4v) is 3.21. The second-order valence-corrected chi connectivity index (χ2v) is 6.72. The van der Waals surface area contributed by atoms with Gasteiger partial charge in [-0.3, -0.25) is 4.99 Å². The number of anilines is 1. The number of guanidine groups is 1. The Morgan fingerprint density at radius 3 is 2.29 bits per heavy atom. The first-order valence-corrected chi connectivity index (χ1v) is 8.24. The molecule has 0 bridgehead atoms. The van der Waals surface area contributed by atoms with E-state index in [2.05, 4.69) is 9.89 Å². The predicted molar refractivity (Wildman–Crippen MR) is 105 cm³/mol. The Morgan fingerprint density at radius 1 is 1.17 bits per heavy atom. The number of nitrogens with two attached hydrogens (primary N) is 1. The fraction of sp³-hybridized carbons (Fsp3) is 0.562. The molecule has 2 aliphatic rings. The zero-order valence-corrected chi connectivity index (χ0v) is 16.4. The van der Waals surface area contributed by atoms with E-state index in [9.17, 15) is 8.78 Å². The van der Waals surface area contributed by atoms with E-state index in [1.54, 1.807) is 0 Å². The highest BCUT2D eigenvalue weighted by atomic mass is 127. The van der Waals surface area contributed by atoms with Crippen molar-refractivity contribution in [3.05, 3.63) is 29.3 Å². The normalized spacial score (nSPS) is 21.2. The summed E-state index contributed by atoms with van der Waals surface area (Å²) in [5.41, 5.74) is 7.14. The lowest BCUT2D eigenvalue weighted by Crippen LogP contribution is -2.51. The van der Waals surface area contributed by atoms with Crippen molar-refractivity contribution >= 4 is 47.2 Å². The lowest BCUT2D eigenvalue weighted by Gasteiger charge is -2.37. The topological polar surface area (TPSA) is 44.9 Å². The lowest BCUT2D eigenvalue weighted by atomic mass is 9.81. The van der Waals surface area contributed by atoms with E-state index >= 15 is 0 Å². The van der Waals surface area contributed by atoms with Crippen molar-refractivity contribution < 1.29 is 8.78 Å². The molecule has 8 heteroatoms. The van der Waals surface area contributed by atoms with Gasteiger partial charge in [-0.2, -0.15) is 0 Å². The molecule has 1 aliphatic heterocycles. The summed E-state index contributed by atoms with van der Waals surface area (Å²) in [6, 6.07) is 7.78. The van der Waals surface area contributed by atoms with Gasteiger partial charge in [0.15, 0.2) is 5.96 Å². The molecule has 1 heterocycles. The van der Waals surface area contributed by atoms with Crippen LogP contribution in [-0.2, 0) is 0 Å². The SMILES string of the molecule is I.NC(=NCC1CC(F)(F)C1)N1CCN(c2ccc(Cl)cc2)CC1. The molecule has 24 heavy (non-hydrogen) atoms.